The number of halogens is 3. The van der Waals surface area contributed by atoms with Gasteiger partial charge in [-0.15, -0.1) is 35.0 Å². The lowest BCUT2D eigenvalue weighted by Gasteiger charge is -2.44. The van der Waals surface area contributed by atoms with Crippen LogP contribution in [0, 0.1) is 0 Å². The van der Waals surface area contributed by atoms with Crippen LogP contribution in [-0.4, -0.2) is 59.4 Å². The van der Waals surface area contributed by atoms with Crippen LogP contribution in [-0.2, 0) is 21.8 Å². The molecule has 1 fully saturated rings. The van der Waals surface area contributed by atoms with E-state index in [9.17, 15) is 13.2 Å². The monoisotopic (exact) mass is 585 g/mol. The number of rotatable bonds is 5. The van der Waals surface area contributed by atoms with Gasteiger partial charge in [-0.3, -0.25) is 4.79 Å². The minimum atomic E-state index is -3.35. The van der Waals surface area contributed by atoms with Crippen molar-refractivity contribution in [2.75, 3.05) is 19.3 Å². The first-order valence-corrected chi connectivity index (χ1v) is 14.0. The Morgan fingerprint density at radius 3 is 2.35 bits per heavy atom. The molecule has 3 aromatic rings. The fourth-order valence-corrected chi connectivity index (χ4v) is 6.29. The predicted molar refractivity (Wildman–Crippen MR) is 149 cm³/mol. The number of nitrogens with two attached hydrogens (primary N) is 1. The van der Waals surface area contributed by atoms with Gasteiger partial charge >= 0.3 is 0 Å². The van der Waals surface area contributed by atoms with Crippen LogP contribution in [0.2, 0.25) is 5.02 Å². The van der Waals surface area contributed by atoms with Crippen LogP contribution in [0.4, 0.5) is 0 Å². The second-order valence-corrected chi connectivity index (χ2v) is 12.0. The van der Waals surface area contributed by atoms with E-state index in [1.165, 1.54) is 6.26 Å². The maximum absolute atomic E-state index is 13.4. The molecule has 2 N–H and O–H groups in total. The summed E-state index contributed by atoms with van der Waals surface area (Å²) >= 11 is 6.24. The fourth-order valence-electron chi connectivity index (χ4n) is 5.43. The van der Waals surface area contributed by atoms with Crippen molar-refractivity contribution >= 4 is 52.2 Å². The summed E-state index contributed by atoms with van der Waals surface area (Å²) in [5.41, 5.74) is 7.91. The molecule has 0 atom stereocenters. The van der Waals surface area contributed by atoms with Crippen molar-refractivity contribution in [2.45, 2.75) is 48.6 Å². The first-order chi connectivity index (χ1) is 16.7. The molecule has 8 nitrogen and oxygen atoms in total. The normalized spacial score (nSPS) is 21.5. The second-order valence-electron chi connectivity index (χ2n) is 9.52. The highest BCUT2D eigenvalue weighted by Crippen LogP contribution is 2.41. The van der Waals surface area contributed by atoms with Crippen molar-refractivity contribution in [3.05, 3.63) is 64.9 Å². The highest BCUT2D eigenvalue weighted by Gasteiger charge is 2.41. The zero-order valence-corrected chi connectivity index (χ0v) is 23.5. The van der Waals surface area contributed by atoms with E-state index in [0.717, 1.165) is 31.2 Å². The summed E-state index contributed by atoms with van der Waals surface area (Å²) in [5, 5.41) is 9.15. The molecule has 2 aromatic carbocycles. The molecule has 0 spiro atoms. The van der Waals surface area contributed by atoms with Gasteiger partial charge in [0.05, 0.1) is 4.90 Å². The molecule has 2 aliphatic rings. The molecule has 1 saturated carbocycles. The van der Waals surface area contributed by atoms with Gasteiger partial charge in [-0.25, -0.2) is 8.42 Å². The second kappa shape index (κ2) is 11.3. The highest BCUT2D eigenvalue weighted by atomic mass is 35.5. The number of hydrogen-bond donors (Lipinski definition) is 1. The molecule has 37 heavy (non-hydrogen) atoms. The van der Waals surface area contributed by atoms with Gasteiger partial charge in [0.25, 0.3) is 5.91 Å². The van der Waals surface area contributed by atoms with E-state index in [1.807, 2.05) is 23.1 Å². The van der Waals surface area contributed by atoms with Crippen molar-refractivity contribution in [3.8, 4) is 11.4 Å². The predicted octanol–water partition coefficient (Wildman–Crippen LogP) is 4.14. The smallest absolute Gasteiger partial charge is 0.292 e. The van der Waals surface area contributed by atoms with E-state index >= 15 is 0 Å². The molecular formula is C25H30Cl3N5O3S. The Morgan fingerprint density at radius 1 is 1.03 bits per heavy atom. The van der Waals surface area contributed by atoms with E-state index in [4.69, 9.17) is 17.3 Å². The Balaban J connectivity index is 0.00000190. The number of hydrogen-bond acceptors (Lipinski definition) is 6. The van der Waals surface area contributed by atoms with E-state index < -0.39 is 9.84 Å². The molecule has 1 amide bonds. The quantitative estimate of drug-likeness (QED) is 0.481. The lowest BCUT2D eigenvalue weighted by Crippen LogP contribution is -2.50. The molecule has 2 heterocycles. The lowest BCUT2D eigenvalue weighted by molar-refractivity contribution is 0.0523. The molecule has 0 unspecified atom stereocenters. The van der Waals surface area contributed by atoms with E-state index in [2.05, 4.69) is 16.3 Å². The molecule has 0 bridgehead atoms. The summed E-state index contributed by atoms with van der Waals surface area (Å²) in [6.45, 7) is 1.65. The van der Waals surface area contributed by atoms with Crippen LogP contribution in [0.25, 0.3) is 11.4 Å². The SMILES string of the molecule is CS(=O)(=O)c1cccc(-c2nnc3n2CCN([C@H]2CC[C@](CN)(c4cccc(Cl)c4)CC2)C3=O)c1.Cl.Cl. The van der Waals surface area contributed by atoms with Gasteiger partial charge in [-0.1, -0.05) is 35.9 Å². The van der Waals surface area contributed by atoms with Gasteiger partial charge in [0, 0.05) is 47.9 Å². The Hall–Kier alpha value is -2.17. The van der Waals surface area contributed by atoms with Crippen molar-refractivity contribution in [1.82, 2.24) is 19.7 Å². The van der Waals surface area contributed by atoms with E-state index in [0.29, 0.717) is 41.9 Å². The van der Waals surface area contributed by atoms with E-state index in [1.54, 1.807) is 28.8 Å². The average Bonchev–Trinajstić information content (AvgIpc) is 3.29. The Labute approximate surface area is 234 Å². The Morgan fingerprint density at radius 2 is 1.70 bits per heavy atom. The van der Waals surface area contributed by atoms with Gasteiger partial charge in [0.15, 0.2) is 15.7 Å². The topological polar surface area (TPSA) is 111 Å². The third kappa shape index (κ3) is 5.52. The van der Waals surface area contributed by atoms with Crippen LogP contribution in [0.15, 0.2) is 53.4 Å². The summed E-state index contributed by atoms with van der Waals surface area (Å²) in [4.78, 5) is 15.5. The minimum absolute atomic E-state index is 0. The number of benzene rings is 2. The Kier molecular flexibility index (Phi) is 8.97. The average molecular weight is 587 g/mol. The molecule has 5 rings (SSSR count). The van der Waals surface area contributed by atoms with Gasteiger partial charge in [0.2, 0.25) is 5.82 Å². The molecule has 1 aliphatic carbocycles. The number of aromatic nitrogens is 3. The molecular weight excluding hydrogens is 557 g/mol. The number of sulfone groups is 1. The maximum atomic E-state index is 13.4. The summed E-state index contributed by atoms with van der Waals surface area (Å²) in [5.74, 6) is 0.661. The van der Waals surface area contributed by atoms with Crippen LogP contribution < -0.4 is 5.73 Å². The summed E-state index contributed by atoms with van der Waals surface area (Å²) < 4.78 is 25.7. The lowest BCUT2D eigenvalue weighted by atomic mass is 9.68. The first-order valence-electron chi connectivity index (χ1n) is 11.7. The molecule has 0 saturated heterocycles. The van der Waals surface area contributed by atoms with Crippen molar-refractivity contribution in [1.29, 1.82) is 0 Å². The standard InChI is InChI=1S/C25H28ClN5O3S.2ClH/c1-35(33,34)21-7-2-4-17(14-21)22-28-29-23-24(32)30(12-13-31(22)23)20-8-10-25(16-27,11-9-20)18-5-3-6-19(26)15-18;;/h2-7,14-15,20H,8-13,16,27H2,1H3;2*1H/t20-,25-;;. The zero-order valence-electron chi connectivity index (χ0n) is 20.3. The van der Waals surface area contributed by atoms with Gasteiger partial charge in [-0.05, 0) is 55.5 Å². The number of carbonyl (C=O) groups excluding carboxylic acids is 1. The zero-order chi connectivity index (χ0) is 24.8. The van der Waals surface area contributed by atoms with Gasteiger partial charge < -0.3 is 15.2 Å². The third-order valence-corrected chi connectivity index (χ3v) is 8.81. The maximum Gasteiger partial charge on any atom is 0.292 e. The van der Waals surface area contributed by atoms with Crippen LogP contribution >= 0.6 is 36.4 Å². The molecule has 0 radical (unpaired) electrons. The summed E-state index contributed by atoms with van der Waals surface area (Å²) in [6.07, 6.45) is 4.64. The number of fused-ring (bicyclic) bond motifs is 1. The van der Waals surface area contributed by atoms with Crippen LogP contribution in [0.1, 0.15) is 41.9 Å². The largest absolute Gasteiger partial charge is 0.331 e. The molecule has 1 aliphatic heterocycles. The minimum Gasteiger partial charge on any atom is -0.331 e. The number of nitrogens with zero attached hydrogens (tertiary/aromatic N) is 4. The third-order valence-electron chi connectivity index (χ3n) is 7.47. The Bertz CT molecular complexity index is 1390. The highest BCUT2D eigenvalue weighted by molar-refractivity contribution is 7.90. The van der Waals surface area contributed by atoms with Crippen LogP contribution in [0.3, 0.4) is 0 Å². The molecule has 200 valence electrons. The van der Waals surface area contributed by atoms with Crippen molar-refractivity contribution < 1.29 is 13.2 Å². The van der Waals surface area contributed by atoms with Crippen molar-refractivity contribution in [3.63, 3.8) is 0 Å². The van der Waals surface area contributed by atoms with Crippen LogP contribution in [0.5, 0.6) is 0 Å². The first kappa shape index (κ1) is 29.4. The molecule has 1 aromatic heterocycles. The molecule has 12 heteroatoms. The number of carbonyl (C=O) groups is 1. The summed E-state index contributed by atoms with van der Waals surface area (Å²) in [7, 11) is -3.35. The van der Waals surface area contributed by atoms with Crippen molar-refractivity contribution in [2.24, 2.45) is 5.73 Å². The van der Waals surface area contributed by atoms with Gasteiger partial charge in [-0.2, -0.15) is 0 Å². The summed E-state index contributed by atoms with van der Waals surface area (Å²) in [6, 6.07) is 14.6. The van der Waals surface area contributed by atoms with Gasteiger partial charge in [0.1, 0.15) is 0 Å². The fraction of sp³-hybridized carbons (Fsp3) is 0.400. The number of amides is 1. The van der Waals surface area contributed by atoms with E-state index in [-0.39, 0.29) is 47.1 Å².